The van der Waals surface area contributed by atoms with E-state index in [-0.39, 0.29) is 0 Å². The molecule has 0 amide bonds. The Kier molecular flexibility index (Phi) is 6.87. The molecule has 0 aliphatic rings. The fraction of sp³-hybridized carbons (Fsp3) is 0. The van der Waals surface area contributed by atoms with Gasteiger partial charge in [0.25, 0.3) is 0 Å². The molecule has 0 saturated carbocycles. The van der Waals surface area contributed by atoms with E-state index < -0.39 is 0 Å². The molecule has 8 aromatic carbocycles. The molecular weight excluding hydrogens is 631 g/mol. The van der Waals surface area contributed by atoms with Crippen LogP contribution in [0.5, 0.6) is 0 Å². The van der Waals surface area contributed by atoms with Gasteiger partial charge < -0.3 is 9.13 Å². The van der Waals surface area contributed by atoms with Crippen LogP contribution in [-0.2, 0) is 0 Å². The van der Waals surface area contributed by atoms with Gasteiger partial charge in [-0.2, -0.15) is 5.26 Å². The van der Waals surface area contributed by atoms with Crippen molar-refractivity contribution in [3.8, 4) is 50.8 Å². The standard InChI is InChI=1S/C49H31N3/c50-32-33-29-41(34-15-4-1-5-16-34)49(42(30-33)35-17-6-2-7-18-35)52-45-25-13-11-22-40(45)48-38(23-14-26-47(48)52)36-27-28-46-43(31-36)39-21-10-12-24-44(39)51(46)37-19-8-3-9-20-37/h1-31H. The van der Waals surface area contributed by atoms with Crippen LogP contribution < -0.4 is 0 Å². The molecule has 3 heteroatoms. The van der Waals surface area contributed by atoms with Crippen molar-refractivity contribution in [2.75, 3.05) is 0 Å². The number of rotatable bonds is 5. The Morgan fingerprint density at radius 2 is 0.904 bits per heavy atom. The van der Waals surface area contributed by atoms with Crippen molar-refractivity contribution in [3.63, 3.8) is 0 Å². The lowest BCUT2D eigenvalue weighted by atomic mass is 9.93. The average molecular weight is 662 g/mol. The van der Waals surface area contributed by atoms with Gasteiger partial charge in [-0.15, -0.1) is 0 Å². The van der Waals surface area contributed by atoms with E-state index in [0.717, 1.165) is 44.7 Å². The van der Waals surface area contributed by atoms with Crippen molar-refractivity contribution in [2.24, 2.45) is 0 Å². The van der Waals surface area contributed by atoms with Crippen molar-refractivity contribution in [1.29, 1.82) is 5.26 Å². The lowest BCUT2D eigenvalue weighted by Crippen LogP contribution is -2.02. The zero-order chi connectivity index (χ0) is 34.6. The summed E-state index contributed by atoms with van der Waals surface area (Å²) in [6.45, 7) is 0. The summed E-state index contributed by atoms with van der Waals surface area (Å²) in [7, 11) is 0. The summed E-state index contributed by atoms with van der Waals surface area (Å²) in [6.07, 6.45) is 0. The fourth-order valence-corrected chi connectivity index (χ4v) is 8.11. The Morgan fingerprint density at radius 1 is 0.365 bits per heavy atom. The molecule has 52 heavy (non-hydrogen) atoms. The molecule has 0 spiro atoms. The first-order valence-electron chi connectivity index (χ1n) is 17.6. The lowest BCUT2D eigenvalue weighted by Gasteiger charge is -2.20. The van der Waals surface area contributed by atoms with Crippen molar-refractivity contribution >= 4 is 43.6 Å². The quantitative estimate of drug-likeness (QED) is 0.181. The minimum atomic E-state index is 0.630. The molecule has 242 valence electrons. The van der Waals surface area contributed by atoms with Crippen molar-refractivity contribution in [3.05, 3.63) is 194 Å². The minimum absolute atomic E-state index is 0.630. The third-order valence-corrected chi connectivity index (χ3v) is 10.3. The minimum Gasteiger partial charge on any atom is -0.309 e. The van der Waals surface area contributed by atoms with E-state index in [0.29, 0.717) is 5.56 Å². The van der Waals surface area contributed by atoms with Gasteiger partial charge in [0.05, 0.1) is 39.4 Å². The zero-order valence-corrected chi connectivity index (χ0v) is 28.2. The molecule has 2 aromatic heterocycles. The van der Waals surface area contributed by atoms with Gasteiger partial charge in [-0.05, 0) is 76.9 Å². The SMILES string of the molecule is N#Cc1cc(-c2ccccc2)c(-n2c3ccccc3c3c(-c4ccc5c(c4)c4ccccc4n5-c4ccccc4)cccc32)c(-c2ccccc2)c1. The summed E-state index contributed by atoms with van der Waals surface area (Å²) in [6, 6.07) is 69.0. The third kappa shape index (κ3) is 4.59. The van der Waals surface area contributed by atoms with Gasteiger partial charge in [0.1, 0.15) is 0 Å². The van der Waals surface area contributed by atoms with Gasteiger partial charge in [-0.1, -0.05) is 133 Å². The van der Waals surface area contributed by atoms with Crippen LogP contribution in [0, 0.1) is 11.3 Å². The van der Waals surface area contributed by atoms with Crippen LogP contribution in [0.4, 0.5) is 0 Å². The summed E-state index contributed by atoms with van der Waals surface area (Å²) < 4.78 is 4.78. The summed E-state index contributed by atoms with van der Waals surface area (Å²) >= 11 is 0. The second kappa shape index (κ2) is 12.0. The van der Waals surface area contributed by atoms with Crippen LogP contribution in [0.25, 0.3) is 88.4 Å². The van der Waals surface area contributed by atoms with Gasteiger partial charge in [-0.3, -0.25) is 0 Å². The highest BCUT2D eigenvalue weighted by molar-refractivity contribution is 6.18. The Labute approximate surface area is 301 Å². The Balaban J connectivity index is 1.29. The number of hydrogen-bond donors (Lipinski definition) is 0. The first kappa shape index (κ1) is 29.7. The van der Waals surface area contributed by atoms with E-state index in [4.69, 9.17) is 0 Å². The Hall–Kier alpha value is -7.15. The molecule has 10 aromatic rings. The number of nitrogens with zero attached hydrogens (tertiary/aromatic N) is 3. The predicted octanol–water partition coefficient (Wildman–Crippen LogP) is 12.8. The van der Waals surface area contributed by atoms with Gasteiger partial charge in [-0.25, -0.2) is 0 Å². The molecule has 0 saturated heterocycles. The number of benzene rings is 8. The molecule has 2 heterocycles. The normalized spacial score (nSPS) is 11.4. The fourth-order valence-electron chi connectivity index (χ4n) is 8.11. The molecule has 3 nitrogen and oxygen atoms in total. The number of para-hydroxylation sites is 3. The van der Waals surface area contributed by atoms with Gasteiger partial charge in [0.2, 0.25) is 0 Å². The van der Waals surface area contributed by atoms with E-state index in [1.54, 1.807) is 0 Å². The summed E-state index contributed by atoms with van der Waals surface area (Å²) in [5.41, 5.74) is 14.0. The van der Waals surface area contributed by atoms with Crippen LogP contribution in [0.15, 0.2) is 188 Å². The molecule has 0 aliphatic heterocycles. The van der Waals surface area contributed by atoms with Crippen LogP contribution in [0.2, 0.25) is 0 Å². The summed E-state index contributed by atoms with van der Waals surface area (Å²) in [4.78, 5) is 0. The maximum absolute atomic E-state index is 10.3. The van der Waals surface area contributed by atoms with E-state index >= 15 is 0 Å². The number of fused-ring (bicyclic) bond motifs is 6. The monoisotopic (exact) mass is 661 g/mol. The summed E-state index contributed by atoms with van der Waals surface area (Å²) in [5.74, 6) is 0. The Bertz CT molecular complexity index is 2940. The number of nitriles is 1. The zero-order valence-electron chi connectivity index (χ0n) is 28.2. The lowest BCUT2D eigenvalue weighted by molar-refractivity contribution is 1.18. The van der Waals surface area contributed by atoms with E-state index in [9.17, 15) is 5.26 Å². The molecule has 0 fully saturated rings. The van der Waals surface area contributed by atoms with Crippen molar-refractivity contribution in [2.45, 2.75) is 0 Å². The van der Waals surface area contributed by atoms with Crippen LogP contribution in [0.3, 0.4) is 0 Å². The highest BCUT2D eigenvalue weighted by Gasteiger charge is 2.23. The highest BCUT2D eigenvalue weighted by Crippen LogP contribution is 2.45. The van der Waals surface area contributed by atoms with Crippen LogP contribution in [0.1, 0.15) is 5.56 Å². The second-order valence-electron chi connectivity index (χ2n) is 13.2. The van der Waals surface area contributed by atoms with Crippen molar-refractivity contribution in [1.82, 2.24) is 9.13 Å². The molecule has 0 aliphatic carbocycles. The topological polar surface area (TPSA) is 33.6 Å². The molecule has 0 radical (unpaired) electrons. The van der Waals surface area contributed by atoms with E-state index in [2.05, 4.69) is 179 Å². The first-order chi connectivity index (χ1) is 25.8. The number of hydrogen-bond acceptors (Lipinski definition) is 1. The first-order valence-corrected chi connectivity index (χ1v) is 17.6. The average Bonchev–Trinajstić information content (AvgIpc) is 3.74. The second-order valence-corrected chi connectivity index (χ2v) is 13.2. The van der Waals surface area contributed by atoms with Gasteiger partial charge in [0.15, 0.2) is 0 Å². The van der Waals surface area contributed by atoms with Crippen molar-refractivity contribution < 1.29 is 0 Å². The molecule has 0 bridgehead atoms. The molecule has 0 N–H and O–H groups in total. The summed E-state index contributed by atoms with van der Waals surface area (Å²) in [5, 5.41) is 15.1. The predicted molar refractivity (Wildman–Crippen MR) is 216 cm³/mol. The molecular formula is C49H31N3. The number of aromatic nitrogens is 2. The smallest absolute Gasteiger partial charge is 0.0992 e. The maximum atomic E-state index is 10.3. The third-order valence-electron chi connectivity index (χ3n) is 10.3. The molecule has 0 unspecified atom stereocenters. The van der Waals surface area contributed by atoms with E-state index in [1.165, 1.54) is 43.7 Å². The van der Waals surface area contributed by atoms with Crippen LogP contribution >= 0.6 is 0 Å². The van der Waals surface area contributed by atoms with Crippen LogP contribution in [-0.4, -0.2) is 9.13 Å². The van der Waals surface area contributed by atoms with E-state index in [1.807, 2.05) is 24.3 Å². The maximum Gasteiger partial charge on any atom is 0.0992 e. The van der Waals surface area contributed by atoms with Gasteiger partial charge >= 0.3 is 0 Å². The molecule has 10 rings (SSSR count). The largest absolute Gasteiger partial charge is 0.309 e. The highest BCUT2D eigenvalue weighted by atomic mass is 15.0. The Morgan fingerprint density at radius 3 is 1.56 bits per heavy atom. The molecule has 0 atom stereocenters. The van der Waals surface area contributed by atoms with Gasteiger partial charge in [0, 0.05) is 38.4 Å².